The number of carbonyl (C=O) groups excluding carboxylic acids is 1. The predicted molar refractivity (Wildman–Crippen MR) is 79.5 cm³/mol. The van der Waals surface area contributed by atoms with Crippen molar-refractivity contribution < 1.29 is 4.79 Å². The highest BCUT2D eigenvalue weighted by Crippen LogP contribution is 2.23. The van der Waals surface area contributed by atoms with E-state index in [0.717, 1.165) is 0 Å². The van der Waals surface area contributed by atoms with Gasteiger partial charge in [0, 0.05) is 12.4 Å². The Morgan fingerprint density at radius 2 is 2.00 bits per heavy atom. The Morgan fingerprint density at radius 3 is 2.57 bits per heavy atom. The summed E-state index contributed by atoms with van der Waals surface area (Å²) in [6.07, 6.45) is 4.71. The van der Waals surface area contributed by atoms with Gasteiger partial charge in [-0.2, -0.15) is 5.26 Å². The molecule has 1 unspecified atom stereocenters. The molecule has 108 valence electrons. The number of carbonyl (C=O) groups is 1. The lowest BCUT2D eigenvalue weighted by Gasteiger charge is -2.25. The van der Waals surface area contributed by atoms with Crippen molar-refractivity contribution in [3.05, 3.63) is 29.5 Å². The Kier molecular flexibility index (Phi) is 4.29. The molecule has 1 N–H and O–H groups in total. The molecule has 0 aliphatic heterocycles. The van der Waals surface area contributed by atoms with E-state index in [9.17, 15) is 4.79 Å². The maximum Gasteiger partial charge on any atom is 0.264 e. The molecule has 1 amide bonds. The fourth-order valence-corrected chi connectivity index (χ4v) is 2.30. The molecule has 2 rings (SSSR count). The Hall–Kier alpha value is -2.33. The fourth-order valence-electron chi connectivity index (χ4n) is 1.54. The number of rotatable bonds is 3. The summed E-state index contributed by atoms with van der Waals surface area (Å²) in [6, 6.07) is 3.26. The molecule has 0 spiro atoms. The fraction of sp³-hybridized carbons (Fsp3) is 0.357. The minimum atomic E-state index is -0.566. The molecule has 0 aliphatic rings. The zero-order valence-corrected chi connectivity index (χ0v) is 12.8. The SMILES string of the molecule is CC(C)(C)C(C#N)NC(=O)c1cnc(-c2ncccn2)s1. The summed E-state index contributed by atoms with van der Waals surface area (Å²) in [7, 11) is 0. The van der Waals surface area contributed by atoms with Crippen LogP contribution in [0, 0.1) is 16.7 Å². The second-order valence-corrected chi connectivity index (χ2v) is 6.53. The van der Waals surface area contributed by atoms with E-state index in [4.69, 9.17) is 5.26 Å². The normalized spacial score (nSPS) is 12.5. The van der Waals surface area contributed by atoms with E-state index in [2.05, 4.69) is 26.3 Å². The van der Waals surface area contributed by atoms with Crippen LogP contribution in [0.15, 0.2) is 24.7 Å². The molecule has 6 nitrogen and oxygen atoms in total. The number of hydrogen-bond acceptors (Lipinski definition) is 6. The Labute approximate surface area is 126 Å². The van der Waals surface area contributed by atoms with Crippen LogP contribution >= 0.6 is 11.3 Å². The van der Waals surface area contributed by atoms with Crippen LogP contribution in [-0.2, 0) is 0 Å². The van der Waals surface area contributed by atoms with Gasteiger partial charge in [-0.3, -0.25) is 4.79 Å². The number of nitriles is 1. The molecule has 21 heavy (non-hydrogen) atoms. The number of amides is 1. The Bertz CT molecular complexity index is 669. The Balaban J connectivity index is 2.15. The molecule has 2 aromatic rings. The van der Waals surface area contributed by atoms with Gasteiger partial charge in [-0.1, -0.05) is 20.8 Å². The van der Waals surface area contributed by atoms with Crippen molar-refractivity contribution in [2.75, 3.05) is 0 Å². The van der Waals surface area contributed by atoms with Gasteiger partial charge in [-0.15, -0.1) is 11.3 Å². The average molecular weight is 301 g/mol. The van der Waals surface area contributed by atoms with Crippen molar-refractivity contribution in [1.82, 2.24) is 20.3 Å². The van der Waals surface area contributed by atoms with Crippen molar-refractivity contribution in [3.8, 4) is 16.9 Å². The first-order valence-corrected chi connectivity index (χ1v) is 7.17. The largest absolute Gasteiger partial charge is 0.335 e. The third-order valence-corrected chi connectivity index (χ3v) is 3.75. The quantitative estimate of drug-likeness (QED) is 0.939. The summed E-state index contributed by atoms with van der Waals surface area (Å²) in [5.74, 6) is 0.172. The third kappa shape index (κ3) is 3.61. The van der Waals surface area contributed by atoms with Gasteiger partial charge in [0.15, 0.2) is 10.8 Å². The monoisotopic (exact) mass is 301 g/mol. The lowest BCUT2D eigenvalue weighted by Crippen LogP contribution is -2.42. The van der Waals surface area contributed by atoms with Crippen molar-refractivity contribution in [2.24, 2.45) is 5.41 Å². The van der Waals surface area contributed by atoms with Gasteiger partial charge >= 0.3 is 0 Å². The van der Waals surface area contributed by atoms with Crippen molar-refractivity contribution >= 4 is 17.2 Å². The summed E-state index contributed by atoms with van der Waals surface area (Å²) in [4.78, 5) is 24.9. The van der Waals surface area contributed by atoms with E-state index >= 15 is 0 Å². The van der Waals surface area contributed by atoms with Crippen LogP contribution in [0.4, 0.5) is 0 Å². The first-order valence-electron chi connectivity index (χ1n) is 6.35. The zero-order chi connectivity index (χ0) is 15.5. The van der Waals surface area contributed by atoms with Crippen LogP contribution in [-0.4, -0.2) is 26.9 Å². The van der Waals surface area contributed by atoms with Gasteiger partial charge in [0.05, 0.1) is 12.3 Å². The molecule has 0 aliphatic carbocycles. The molecular weight excluding hydrogens is 286 g/mol. The predicted octanol–water partition coefficient (Wildman–Crippen LogP) is 2.27. The maximum atomic E-state index is 12.2. The average Bonchev–Trinajstić information content (AvgIpc) is 2.94. The highest BCUT2D eigenvalue weighted by Gasteiger charge is 2.27. The van der Waals surface area contributed by atoms with Crippen LogP contribution in [0.25, 0.3) is 10.8 Å². The van der Waals surface area contributed by atoms with E-state index < -0.39 is 6.04 Å². The Morgan fingerprint density at radius 1 is 1.33 bits per heavy atom. The first kappa shape index (κ1) is 15.1. The highest BCUT2D eigenvalue weighted by atomic mass is 32.1. The van der Waals surface area contributed by atoms with Crippen molar-refractivity contribution in [3.63, 3.8) is 0 Å². The van der Waals surface area contributed by atoms with Gasteiger partial charge in [-0.25, -0.2) is 15.0 Å². The number of nitrogens with one attached hydrogen (secondary N) is 1. The molecule has 1 atom stereocenters. The molecule has 7 heteroatoms. The molecular formula is C14H15N5OS. The summed E-state index contributed by atoms with van der Waals surface area (Å²) in [6.45, 7) is 5.70. The van der Waals surface area contributed by atoms with Crippen LogP contribution in [0.3, 0.4) is 0 Å². The lowest BCUT2D eigenvalue weighted by atomic mass is 9.87. The lowest BCUT2D eigenvalue weighted by molar-refractivity contribution is 0.0926. The third-order valence-electron chi connectivity index (χ3n) is 2.76. The molecule has 0 radical (unpaired) electrons. The standard InChI is InChI=1S/C14H15N5OS/c1-14(2,3)10(7-15)19-12(20)9-8-18-13(21-9)11-16-5-4-6-17-11/h4-6,8,10H,1-3H3,(H,19,20). The molecule has 2 heterocycles. The zero-order valence-electron chi connectivity index (χ0n) is 12.0. The first-order chi connectivity index (χ1) is 9.91. The molecule has 0 bridgehead atoms. The number of nitrogens with zero attached hydrogens (tertiary/aromatic N) is 4. The van der Waals surface area contributed by atoms with Gasteiger partial charge in [0.25, 0.3) is 5.91 Å². The van der Waals surface area contributed by atoms with E-state index in [1.165, 1.54) is 17.5 Å². The molecule has 0 saturated heterocycles. The van der Waals surface area contributed by atoms with Crippen LogP contribution in [0.5, 0.6) is 0 Å². The van der Waals surface area contributed by atoms with Gasteiger partial charge < -0.3 is 5.32 Å². The van der Waals surface area contributed by atoms with Gasteiger partial charge in [0.2, 0.25) is 0 Å². The molecule has 0 saturated carbocycles. The van der Waals surface area contributed by atoms with Crippen molar-refractivity contribution in [2.45, 2.75) is 26.8 Å². The molecule has 0 fully saturated rings. The number of aromatic nitrogens is 3. The number of hydrogen-bond donors (Lipinski definition) is 1. The topological polar surface area (TPSA) is 91.6 Å². The van der Waals surface area contributed by atoms with E-state index in [-0.39, 0.29) is 11.3 Å². The minimum absolute atomic E-state index is 0.309. The second-order valence-electron chi connectivity index (χ2n) is 5.50. The van der Waals surface area contributed by atoms with Gasteiger partial charge in [-0.05, 0) is 11.5 Å². The van der Waals surface area contributed by atoms with Crippen LogP contribution in [0.2, 0.25) is 0 Å². The van der Waals surface area contributed by atoms with E-state index in [0.29, 0.717) is 15.7 Å². The minimum Gasteiger partial charge on any atom is -0.335 e. The summed E-state index contributed by atoms with van der Waals surface area (Å²) in [5.41, 5.74) is -0.333. The summed E-state index contributed by atoms with van der Waals surface area (Å²) >= 11 is 1.20. The highest BCUT2D eigenvalue weighted by molar-refractivity contribution is 7.16. The summed E-state index contributed by atoms with van der Waals surface area (Å²) < 4.78 is 0. The molecule has 2 aromatic heterocycles. The van der Waals surface area contributed by atoms with Crippen LogP contribution in [0.1, 0.15) is 30.4 Å². The molecule has 0 aromatic carbocycles. The second kappa shape index (κ2) is 5.97. The van der Waals surface area contributed by atoms with Crippen molar-refractivity contribution in [1.29, 1.82) is 5.26 Å². The van der Waals surface area contributed by atoms with E-state index in [1.807, 2.05) is 20.8 Å². The number of thiazole rings is 1. The smallest absolute Gasteiger partial charge is 0.264 e. The van der Waals surface area contributed by atoms with E-state index in [1.54, 1.807) is 18.5 Å². The summed E-state index contributed by atoms with van der Waals surface area (Å²) in [5, 5.41) is 12.4. The maximum absolute atomic E-state index is 12.2. The van der Waals surface area contributed by atoms with Gasteiger partial charge in [0.1, 0.15) is 10.9 Å². The van der Waals surface area contributed by atoms with Crippen LogP contribution < -0.4 is 5.32 Å².